The molecule has 0 saturated carbocycles. The molecule has 1 heterocycles. The number of rotatable bonds is 1. The highest BCUT2D eigenvalue weighted by molar-refractivity contribution is 6.12. The van der Waals surface area contributed by atoms with Crippen molar-refractivity contribution in [3.8, 4) is 0 Å². The van der Waals surface area contributed by atoms with Crippen LogP contribution in [0.25, 0.3) is 50.9 Å². The summed E-state index contributed by atoms with van der Waals surface area (Å²) in [7, 11) is 0. The van der Waals surface area contributed by atoms with Crippen molar-refractivity contribution in [3.05, 3.63) is 160 Å². The highest BCUT2D eigenvalue weighted by atomic mass is 14.8. The van der Waals surface area contributed by atoms with Crippen molar-refractivity contribution < 1.29 is 0 Å². The number of hydrogen-bond donors (Lipinski definition) is 0. The summed E-state index contributed by atoms with van der Waals surface area (Å²) in [5, 5.41) is 0. The fourth-order valence-corrected chi connectivity index (χ4v) is 6.96. The molecule has 4 aliphatic carbocycles. The van der Waals surface area contributed by atoms with E-state index in [0.29, 0.717) is 0 Å². The van der Waals surface area contributed by atoms with E-state index >= 15 is 0 Å². The SMILES string of the molecule is C1=CC2(C3=Cc4ccccc4C3=C1)C1=Cc3ccccc3C1=CC=C2c1cccc2nc3ccccc3nc12. The maximum Gasteiger partial charge on any atom is 0.0970 e. The predicted octanol–water partition coefficient (Wildman–Crippen LogP) is 8.70. The number of para-hydroxylation sites is 3. The summed E-state index contributed by atoms with van der Waals surface area (Å²) >= 11 is 0. The highest BCUT2D eigenvalue weighted by Crippen LogP contribution is 2.63. The van der Waals surface area contributed by atoms with E-state index in [9.17, 15) is 0 Å². The molecule has 0 saturated heterocycles. The number of aromatic nitrogens is 2. The summed E-state index contributed by atoms with van der Waals surface area (Å²) < 4.78 is 0. The first-order chi connectivity index (χ1) is 19.3. The van der Waals surface area contributed by atoms with Gasteiger partial charge in [0.1, 0.15) is 0 Å². The smallest absolute Gasteiger partial charge is 0.0970 e. The van der Waals surface area contributed by atoms with Gasteiger partial charge in [-0.3, -0.25) is 0 Å². The summed E-state index contributed by atoms with van der Waals surface area (Å²) in [6, 6.07) is 32.0. The van der Waals surface area contributed by atoms with Crippen LogP contribution in [0.5, 0.6) is 0 Å². The zero-order valence-electron chi connectivity index (χ0n) is 21.1. The second-order valence-electron chi connectivity index (χ2n) is 10.6. The molecule has 1 spiro atoms. The molecule has 39 heavy (non-hydrogen) atoms. The van der Waals surface area contributed by atoms with Crippen molar-refractivity contribution in [3.63, 3.8) is 0 Å². The van der Waals surface area contributed by atoms with Crippen LogP contribution in [-0.4, -0.2) is 9.97 Å². The Bertz CT molecular complexity index is 2090. The van der Waals surface area contributed by atoms with Gasteiger partial charge in [-0.2, -0.15) is 0 Å². The molecular formula is C37H22N2. The Balaban J connectivity index is 1.37. The third kappa shape index (κ3) is 2.70. The molecule has 9 rings (SSSR count). The minimum absolute atomic E-state index is 0.451. The summed E-state index contributed by atoms with van der Waals surface area (Å²) in [6.07, 6.45) is 16.4. The number of nitrogens with zero attached hydrogens (tertiary/aromatic N) is 2. The summed E-state index contributed by atoms with van der Waals surface area (Å²) in [4.78, 5) is 10.2. The highest BCUT2D eigenvalue weighted by Gasteiger charge is 2.48. The van der Waals surface area contributed by atoms with Crippen molar-refractivity contribution in [2.24, 2.45) is 5.41 Å². The molecule has 2 heteroatoms. The van der Waals surface area contributed by atoms with Crippen LogP contribution >= 0.6 is 0 Å². The van der Waals surface area contributed by atoms with Crippen LogP contribution in [0, 0.1) is 5.41 Å². The minimum Gasteiger partial charge on any atom is -0.244 e. The van der Waals surface area contributed by atoms with Gasteiger partial charge < -0.3 is 0 Å². The molecule has 0 aliphatic heterocycles. The molecule has 2 nitrogen and oxygen atoms in total. The van der Waals surface area contributed by atoms with Gasteiger partial charge in [0.05, 0.1) is 27.5 Å². The van der Waals surface area contributed by atoms with Crippen LogP contribution in [0.3, 0.4) is 0 Å². The molecule has 1 unspecified atom stereocenters. The van der Waals surface area contributed by atoms with E-state index in [0.717, 1.165) is 27.6 Å². The van der Waals surface area contributed by atoms with Crippen LogP contribution in [-0.2, 0) is 0 Å². The average Bonchev–Trinajstić information content (AvgIpc) is 3.56. The zero-order valence-corrected chi connectivity index (χ0v) is 21.1. The Morgan fingerprint density at radius 3 is 1.79 bits per heavy atom. The molecule has 0 bridgehead atoms. The lowest BCUT2D eigenvalue weighted by Gasteiger charge is -2.42. The first-order valence-corrected chi connectivity index (χ1v) is 13.4. The van der Waals surface area contributed by atoms with Crippen molar-refractivity contribution in [1.29, 1.82) is 0 Å². The normalized spacial score (nSPS) is 20.1. The van der Waals surface area contributed by atoms with E-state index < -0.39 is 5.41 Å². The van der Waals surface area contributed by atoms with Crippen LogP contribution in [0.15, 0.2) is 133 Å². The number of fused-ring (bicyclic) bond motifs is 10. The predicted molar refractivity (Wildman–Crippen MR) is 161 cm³/mol. The molecule has 0 fully saturated rings. The van der Waals surface area contributed by atoms with Gasteiger partial charge >= 0.3 is 0 Å². The van der Waals surface area contributed by atoms with Crippen LogP contribution < -0.4 is 0 Å². The van der Waals surface area contributed by atoms with Gasteiger partial charge in [-0.1, -0.05) is 103 Å². The molecule has 4 aliphatic rings. The fraction of sp³-hybridized carbons (Fsp3) is 0.0270. The Morgan fingerprint density at radius 1 is 0.462 bits per heavy atom. The average molecular weight is 495 g/mol. The molecule has 0 amide bonds. The van der Waals surface area contributed by atoms with Gasteiger partial charge in [0, 0.05) is 5.56 Å². The molecule has 180 valence electrons. The van der Waals surface area contributed by atoms with Crippen molar-refractivity contribution in [2.75, 3.05) is 0 Å². The molecule has 5 aromatic rings. The maximum atomic E-state index is 5.18. The van der Waals surface area contributed by atoms with E-state index in [1.807, 2.05) is 18.2 Å². The van der Waals surface area contributed by atoms with Crippen LogP contribution in [0.2, 0.25) is 0 Å². The summed E-state index contributed by atoms with van der Waals surface area (Å²) in [5.74, 6) is 0. The molecule has 1 aromatic heterocycles. The third-order valence-electron chi connectivity index (χ3n) is 8.64. The molecule has 0 N–H and O–H groups in total. The molecule has 4 aromatic carbocycles. The lowest BCUT2D eigenvalue weighted by molar-refractivity contribution is 0.779. The topological polar surface area (TPSA) is 25.8 Å². The van der Waals surface area contributed by atoms with Crippen molar-refractivity contribution in [1.82, 2.24) is 9.97 Å². The van der Waals surface area contributed by atoms with Gasteiger partial charge in [0.15, 0.2) is 0 Å². The standard InChI is InChI=1S/C37H22N2/c1-3-11-25-23(9-1)21-31-27(25)14-8-20-37(31)30(19-18-28-26-12-4-2-10-24(26)22-32(28)37)29-13-7-17-35-36(29)39-34-16-6-5-15-33(34)38-35/h1-22H. The Hall–Kier alpha value is -5.08. The van der Waals surface area contributed by atoms with E-state index in [2.05, 4.69) is 115 Å². The van der Waals surface area contributed by atoms with Gasteiger partial charge in [-0.15, -0.1) is 0 Å². The monoisotopic (exact) mass is 494 g/mol. The van der Waals surface area contributed by atoms with Gasteiger partial charge in [-0.05, 0) is 80.5 Å². The lowest BCUT2D eigenvalue weighted by atomic mass is 9.60. The van der Waals surface area contributed by atoms with Crippen LogP contribution in [0.1, 0.15) is 27.8 Å². The van der Waals surface area contributed by atoms with Crippen molar-refractivity contribution in [2.45, 2.75) is 0 Å². The zero-order chi connectivity index (χ0) is 25.6. The number of hydrogen-bond acceptors (Lipinski definition) is 2. The first-order valence-electron chi connectivity index (χ1n) is 13.4. The van der Waals surface area contributed by atoms with E-state index in [4.69, 9.17) is 9.97 Å². The van der Waals surface area contributed by atoms with E-state index in [-0.39, 0.29) is 0 Å². The van der Waals surface area contributed by atoms with Gasteiger partial charge in [-0.25, -0.2) is 9.97 Å². The summed E-state index contributed by atoms with van der Waals surface area (Å²) in [5.41, 5.74) is 16.0. The minimum atomic E-state index is -0.451. The second kappa shape index (κ2) is 7.49. The molecular weight excluding hydrogens is 472 g/mol. The summed E-state index contributed by atoms with van der Waals surface area (Å²) in [6.45, 7) is 0. The number of benzene rings is 4. The largest absolute Gasteiger partial charge is 0.244 e. The quantitative estimate of drug-likeness (QED) is 0.218. The first kappa shape index (κ1) is 20.9. The number of allylic oxidation sites excluding steroid dienone is 10. The lowest BCUT2D eigenvalue weighted by Crippen LogP contribution is -2.28. The van der Waals surface area contributed by atoms with Crippen molar-refractivity contribution >= 4 is 50.9 Å². The second-order valence-corrected chi connectivity index (χ2v) is 10.6. The van der Waals surface area contributed by atoms with Crippen LogP contribution in [0.4, 0.5) is 0 Å². The Morgan fingerprint density at radius 2 is 1.05 bits per heavy atom. The maximum absolute atomic E-state index is 5.18. The molecule has 0 radical (unpaired) electrons. The Labute approximate surface area is 226 Å². The van der Waals surface area contributed by atoms with E-state index in [1.54, 1.807) is 0 Å². The van der Waals surface area contributed by atoms with Gasteiger partial charge in [0.2, 0.25) is 0 Å². The fourth-order valence-electron chi connectivity index (χ4n) is 6.96. The van der Waals surface area contributed by atoms with E-state index in [1.165, 1.54) is 50.1 Å². The molecule has 1 atom stereocenters. The van der Waals surface area contributed by atoms with Gasteiger partial charge in [0.25, 0.3) is 0 Å². The Kier molecular flexibility index (Phi) is 4.02. The third-order valence-corrected chi connectivity index (χ3v) is 8.64.